The van der Waals surface area contributed by atoms with Crippen LogP contribution in [0.4, 0.5) is 11.4 Å². The van der Waals surface area contributed by atoms with Gasteiger partial charge in [0.1, 0.15) is 6.61 Å². The number of carbonyl (C=O) groups is 1. The summed E-state index contributed by atoms with van der Waals surface area (Å²) in [5.41, 5.74) is 1.80. The molecule has 0 spiro atoms. The molecule has 1 unspecified atom stereocenters. The molecule has 1 amide bonds. The summed E-state index contributed by atoms with van der Waals surface area (Å²) in [5.74, 6) is -0.0126. The van der Waals surface area contributed by atoms with Crippen molar-refractivity contribution in [3.05, 3.63) is 24.3 Å². The molecule has 0 saturated carbocycles. The lowest BCUT2D eigenvalue weighted by Crippen LogP contribution is -2.41. The Morgan fingerprint density at radius 3 is 2.75 bits per heavy atom. The van der Waals surface area contributed by atoms with E-state index in [1.165, 1.54) is 0 Å². The smallest absolute Gasteiger partial charge is 0.253 e. The summed E-state index contributed by atoms with van der Waals surface area (Å²) in [4.78, 5) is 13.4. The molecule has 1 atom stereocenters. The van der Waals surface area contributed by atoms with E-state index in [0.717, 1.165) is 11.4 Å². The highest BCUT2D eigenvalue weighted by Crippen LogP contribution is 2.19. The fourth-order valence-electron chi connectivity index (χ4n) is 2.09. The van der Waals surface area contributed by atoms with Crippen molar-refractivity contribution in [2.75, 3.05) is 50.1 Å². The first-order chi connectivity index (χ1) is 9.70. The number of ether oxygens (including phenoxy) is 1. The van der Waals surface area contributed by atoms with Gasteiger partial charge in [-0.3, -0.25) is 4.79 Å². The zero-order valence-corrected chi connectivity index (χ0v) is 11.6. The van der Waals surface area contributed by atoms with Crippen LogP contribution in [0.1, 0.15) is 0 Å². The van der Waals surface area contributed by atoms with Crippen molar-refractivity contribution in [1.82, 2.24) is 5.32 Å². The van der Waals surface area contributed by atoms with E-state index in [-0.39, 0.29) is 12.5 Å². The number of anilines is 2. The van der Waals surface area contributed by atoms with Gasteiger partial charge in [-0.2, -0.15) is 0 Å². The van der Waals surface area contributed by atoms with Crippen LogP contribution >= 0.6 is 0 Å². The van der Waals surface area contributed by atoms with Crippen LogP contribution in [0.5, 0.6) is 0 Å². The Kier molecular flexibility index (Phi) is 5.34. The number of hydrogen-bond donors (Lipinski definition) is 3. The molecule has 0 aromatic heterocycles. The Bertz CT molecular complexity index is 436. The highest BCUT2D eigenvalue weighted by Gasteiger charge is 2.19. The maximum absolute atomic E-state index is 11.7. The number of morpholine rings is 1. The Hall–Kier alpha value is -1.63. The minimum absolute atomic E-state index is 0.0126. The van der Waals surface area contributed by atoms with Gasteiger partial charge in [-0.05, 0) is 31.3 Å². The number of amides is 1. The van der Waals surface area contributed by atoms with Gasteiger partial charge in [0.05, 0.1) is 12.7 Å². The topological polar surface area (TPSA) is 73.8 Å². The molecule has 110 valence electrons. The highest BCUT2D eigenvalue weighted by atomic mass is 16.5. The van der Waals surface area contributed by atoms with Crippen molar-refractivity contribution in [2.45, 2.75) is 6.10 Å². The van der Waals surface area contributed by atoms with Crippen LogP contribution in [0.3, 0.4) is 0 Å². The number of likely N-dealkylation sites (N-methyl/N-ethyl adjacent to an activating group) is 1. The van der Waals surface area contributed by atoms with Crippen LogP contribution in [0.25, 0.3) is 0 Å². The van der Waals surface area contributed by atoms with Gasteiger partial charge in [-0.15, -0.1) is 0 Å². The normalized spacial score (nSPS) is 17.1. The zero-order valence-electron chi connectivity index (χ0n) is 11.6. The fourth-order valence-corrected chi connectivity index (χ4v) is 2.09. The van der Waals surface area contributed by atoms with Crippen molar-refractivity contribution >= 4 is 17.3 Å². The maximum Gasteiger partial charge on any atom is 0.253 e. The predicted molar refractivity (Wildman–Crippen MR) is 78.0 cm³/mol. The fraction of sp³-hybridized carbons (Fsp3) is 0.500. The van der Waals surface area contributed by atoms with E-state index >= 15 is 0 Å². The molecule has 1 fully saturated rings. The van der Waals surface area contributed by atoms with E-state index in [2.05, 4.69) is 10.6 Å². The van der Waals surface area contributed by atoms with Crippen LogP contribution in [0.15, 0.2) is 24.3 Å². The lowest BCUT2D eigenvalue weighted by molar-refractivity contribution is -0.125. The lowest BCUT2D eigenvalue weighted by atomic mass is 10.2. The minimum Gasteiger partial charge on any atom is -0.390 e. The number of carbonyl (C=O) groups excluding carboxylic acids is 1. The summed E-state index contributed by atoms with van der Waals surface area (Å²) in [6.45, 7) is 2.34. The molecule has 6 heteroatoms. The van der Waals surface area contributed by atoms with E-state index in [9.17, 15) is 9.90 Å². The van der Waals surface area contributed by atoms with E-state index in [0.29, 0.717) is 26.2 Å². The average molecular weight is 279 g/mol. The quantitative estimate of drug-likeness (QED) is 0.686. The van der Waals surface area contributed by atoms with E-state index < -0.39 is 6.10 Å². The molecule has 1 saturated heterocycles. The van der Waals surface area contributed by atoms with Crippen LogP contribution in [0.2, 0.25) is 0 Å². The molecule has 2 rings (SSSR count). The molecule has 3 N–H and O–H groups in total. The molecule has 0 bridgehead atoms. The van der Waals surface area contributed by atoms with Gasteiger partial charge in [0.25, 0.3) is 5.91 Å². The molecule has 1 aliphatic rings. The monoisotopic (exact) mass is 279 g/mol. The number of nitrogens with one attached hydrogen (secondary N) is 2. The van der Waals surface area contributed by atoms with Crippen LogP contribution < -0.4 is 15.5 Å². The van der Waals surface area contributed by atoms with Crippen molar-refractivity contribution in [3.63, 3.8) is 0 Å². The summed E-state index contributed by atoms with van der Waals surface area (Å²) >= 11 is 0. The van der Waals surface area contributed by atoms with Crippen molar-refractivity contribution in [2.24, 2.45) is 0 Å². The van der Waals surface area contributed by atoms with E-state index in [4.69, 9.17) is 4.74 Å². The van der Waals surface area contributed by atoms with Crippen molar-refractivity contribution < 1.29 is 14.6 Å². The number of aliphatic hydroxyl groups is 1. The molecule has 1 aromatic carbocycles. The number of hydrogen-bond acceptors (Lipinski definition) is 5. The van der Waals surface area contributed by atoms with Crippen molar-refractivity contribution in [1.29, 1.82) is 0 Å². The van der Waals surface area contributed by atoms with Gasteiger partial charge in [0.2, 0.25) is 0 Å². The summed E-state index contributed by atoms with van der Waals surface area (Å²) in [6.07, 6.45) is -0.430. The minimum atomic E-state index is -0.430. The molecule has 1 aliphatic heterocycles. The molecule has 6 nitrogen and oxygen atoms in total. The molecule has 0 radical (unpaired) electrons. The zero-order chi connectivity index (χ0) is 14.4. The number of nitrogens with zero attached hydrogens (tertiary/aromatic N) is 1. The first kappa shape index (κ1) is 14.8. The third kappa shape index (κ3) is 3.93. The number of benzene rings is 1. The van der Waals surface area contributed by atoms with Gasteiger partial charge in [-0.25, -0.2) is 0 Å². The predicted octanol–water partition coefficient (Wildman–Crippen LogP) is 0.0420. The summed E-state index contributed by atoms with van der Waals surface area (Å²) < 4.78 is 5.11. The lowest BCUT2D eigenvalue weighted by Gasteiger charge is -2.27. The van der Waals surface area contributed by atoms with Crippen molar-refractivity contribution in [3.8, 4) is 0 Å². The molecule has 1 heterocycles. The average Bonchev–Trinajstić information content (AvgIpc) is 2.47. The number of aliphatic hydroxyl groups excluding tert-OH is 1. The Labute approximate surface area is 118 Å². The standard InChI is InChI=1S/C14H21N3O3/c1-15-8-13(18)9-16-11-2-4-12(5-3-11)17-6-7-20-10-14(17)19/h2-5,13,15-16,18H,6-10H2,1H3. The van der Waals surface area contributed by atoms with E-state index in [1.807, 2.05) is 24.3 Å². The van der Waals surface area contributed by atoms with Crippen LogP contribution in [0, 0.1) is 0 Å². The highest BCUT2D eigenvalue weighted by molar-refractivity contribution is 5.94. The van der Waals surface area contributed by atoms with Gasteiger partial charge >= 0.3 is 0 Å². The molecule has 20 heavy (non-hydrogen) atoms. The third-order valence-electron chi connectivity index (χ3n) is 3.15. The van der Waals surface area contributed by atoms with Crippen LogP contribution in [-0.2, 0) is 9.53 Å². The first-order valence-corrected chi connectivity index (χ1v) is 6.75. The van der Waals surface area contributed by atoms with Gasteiger partial charge in [0, 0.05) is 31.0 Å². The SMILES string of the molecule is CNCC(O)CNc1ccc(N2CCOCC2=O)cc1. The molecule has 0 aliphatic carbocycles. The molecule has 1 aromatic rings. The first-order valence-electron chi connectivity index (χ1n) is 6.75. The van der Waals surface area contributed by atoms with Gasteiger partial charge in [0.15, 0.2) is 0 Å². The largest absolute Gasteiger partial charge is 0.390 e. The summed E-state index contributed by atoms with van der Waals surface area (Å²) in [5, 5.41) is 15.7. The second kappa shape index (κ2) is 7.23. The van der Waals surface area contributed by atoms with Gasteiger partial charge in [-0.1, -0.05) is 0 Å². The van der Waals surface area contributed by atoms with Gasteiger partial charge < -0.3 is 25.4 Å². The second-order valence-electron chi connectivity index (χ2n) is 4.74. The Morgan fingerprint density at radius 2 is 2.10 bits per heavy atom. The van der Waals surface area contributed by atoms with Crippen LogP contribution in [-0.4, -0.2) is 57.0 Å². The second-order valence-corrected chi connectivity index (χ2v) is 4.74. The summed E-state index contributed by atoms with van der Waals surface area (Å²) in [6, 6.07) is 7.61. The summed E-state index contributed by atoms with van der Waals surface area (Å²) in [7, 11) is 1.80. The van der Waals surface area contributed by atoms with E-state index in [1.54, 1.807) is 11.9 Å². The molecular weight excluding hydrogens is 258 g/mol. The number of rotatable bonds is 6. The molecular formula is C14H21N3O3. The maximum atomic E-state index is 11.7. The Morgan fingerprint density at radius 1 is 1.35 bits per heavy atom. The third-order valence-corrected chi connectivity index (χ3v) is 3.15. The Balaban J connectivity index is 1.90.